The average molecular weight is 262 g/mol. The third kappa shape index (κ3) is 4.06. The van der Waals surface area contributed by atoms with Gasteiger partial charge in [0.25, 0.3) is 0 Å². The summed E-state index contributed by atoms with van der Waals surface area (Å²) in [5.74, 6) is 0. The monoisotopic (exact) mass is 262 g/mol. The normalized spacial score (nSPS) is 16.7. The molecule has 5 nitrogen and oxygen atoms in total. The Balaban J connectivity index is 1.88. The molecule has 2 rings (SSSR count). The van der Waals surface area contributed by atoms with Crippen LogP contribution in [0.15, 0.2) is 30.3 Å². The van der Waals surface area contributed by atoms with Crippen LogP contribution in [0.5, 0.6) is 0 Å². The topological polar surface area (TPSA) is 58.6 Å². The molecule has 1 unspecified atom stereocenters. The van der Waals surface area contributed by atoms with Crippen molar-refractivity contribution in [3.05, 3.63) is 35.9 Å². The lowest BCUT2D eigenvalue weighted by atomic mass is 10.1. The highest BCUT2D eigenvalue weighted by atomic mass is 16.5. The Morgan fingerprint density at radius 2 is 2.00 bits per heavy atom. The van der Waals surface area contributed by atoms with E-state index in [1.807, 2.05) is 30.3 Å². The third-order valence-electron chi connectivity index (χ3n) is 3.07. The molecular formula is C14H18N2O3. The number of carbonyl (C=O) groups excluding carboxylic acids is 2. The highest BCUT2D eigenvalue weighted by Crippen LogP contribution is 2.03. The fourth-order valence-electron chi connectivity index (χ4n) is 2.02. The number of aldehydes is 1. The smallest absolute Gasteiger partial charge is 0.318 e. The van der Waals surface area contributed by atoms with Gasteiger partial charge in [-0.3, -0.25) is 0 Å². The van der Waals surface area contributed by atoms with Crippen molar-refractivity contribution in [2.24, 2.45) is 0 Å². The average Bonchev–Trinajstić information content (AvgIpc) is 2.48. The first-order chi connectivity index (χ1) is 9.29. The van der Waals surface area contributed by atoms with Crippen molar-refractivity contribution in [1.82, 2.24) is 10.2 Å². The van der Waals surface area contributed by atoms with Crippen LogP contribution >= 0.6 is 0 Å². The van der Waals surface area contributed by atoms with E-state index >= 15 is 0 Å². The number of nitrogens with zero attached hydrogens (tertiary/aromatic N) is 1. The molecule has 1 aromatic carbocycles. The molecule has 0 aliphatic carbocycles. The van der Waals surface area contributed by atoms with Gasteiger partial charge < -0.3 is 19.7 Å². The molecule has 1 heterocycles. The van der Waals surface area contributed by atoms with Crippen LogP contribution in [-0.2, 0) is 16.0 Å². The van der Waals surface area contributed by atoms with E-state index in [9.17, 15) is 9.59 Å². The van der Waals surface area contributed by atoms with Crippen LogP contribution < -0.4 is 5.32 Å². The zero-order valence-corrected chi connectivity index (χ0v) is 10.7. The van der Waals surface area contributed by atoms with E-state index in [1.165, 1.54) is 0 Å². The van der Waals surface area contributed by atoms with Crippen LogP contribution in [0.25, 0.3) is 0 Å². The minimum Gasteiger partial charge on any atom is -0.378 e. The minimum atomic E-state index is -0.488. The van der Waals surface area contributed by atoms with Crippen LogP contribution in [0.2, 0.25) is 0 Å². The maximum absolute atomic E-state index is 12.0. The Kier molecular flexibility index (Phi) is 4.92. The van der Waals surface area contributed by atoms with Crippen LogP contribution in [0, 0.1) is 0 Å². The van der Waals surface area contributed by atoms with Crippen LogP contribution in [0.4, 0.5) is 4.79 Å². The van der Waals surface area contributed by atoms with Gasteiger partial charge in [0, 0.05) is 13.1 Å². The summed E-state index contributed by atoms with van der Waals surface area (Å²) in [6.07, 6.45) is 1.30. The van der Waals surface area contributed by atoms with E-state index in [-0.39, 0.29) is 6.03 Å². The molecule has 0 radical (unpaired) electrons. The summed E-state index contributed by atoms with van der Waals surface area (Å²) in [4.78, 5) is 24.7. The molecule has 0 spiro atoms. The van der Waals surface area contributed by atoms with Crippen molar-refractivity contribution < 1.29 is 14.3 Å². The molecule has 1 aliphatic heterocycles. The first kappa shape index (κ1) is 13.5. The molecule has 2 amide bonds. The Bertz CT molecular complexity index is 416. The highest BCUT2D eigenvalue weighted by Gasteiger charge is 2.19. The standard InChI is InChI=1S/C14H18N2O3/c17-11-13(10-12-4-2-1-3-5-12)15-14(18)16-6-8-19-9-7-16/h1-5,11,13H,6-10H2,(H,15,18). The van der Waals surface area contributed by atoms with Crippen molar-refractivity contribution in [2.45, 2.75) is 12.5 Å². The summed E-state index contributed by atoms with van der Waals surface area (Å²) in [6, 6.07) is 8.96. The zero-order valence-electron chi connectivity index (χ0n) is 10.7. The Morgan fingerprint density at radius 1 is 1.32 bits per heavy atom. The number of ether oxygens (including phenoxy) is 1. The molecule has 5 heteroatoms. The van der Waals surface area contributed by atoms with Crippen molar-refractivity contribution in [3.63, 3.8) is 0 Å². The number of benzene rings is 1. The largest absolute Gasteiger partial charge is 0.378 e. The summed E-state index contributed by atoms with van der Waals surface area (Å²) >= 11 is 0. The Morgan fingerprint density at radius 3 is 2.63 bits per heavy atom. The lowest BCUT2D eigenvalue weighted by Crippen LogP contribution is -2.50. The first-order valence-corrected chi connectivity index (χ1v) is 6.42. The summed E-state index contributed by atoms with van der Waals surface area (Å²) in [5.41, 5.74) is 1.03. The molecule has 0 aromatic heterocycles. The van der Waals surface area contributed by atoms with Gasteiger partial charge in [-0.2, -0.15) is 0 Å². The van der Waals surface area contributed by atoms with Crippen molar-refractivity contribution in [2.75, 3.05) is 26.3 Å². The molecule has 1 atom stereocenters. The van der Waals surface area contributed by atoms with Crippen LogP contribution in [0.3, 0.4) is 0 Å². The maximum atomic E-state index is 12.0. The van der Waals surface area contributed by atoms with Gasteiger partial charge in [0.1, 0.15) is 6.29 Å². The zero-order chi connectivity index (χ0) is 13.5. The molecular weight excluding hydrogens is 244 g/mol. The SMILES string of the molecule is O=CC(Cc1ccccc1)NC(=O)N1CCOCC1. The van der Waals surface area contributed by atoms with Crippen molar-refractivity contribution in [1.29, 1.82) is 0 Å². The van der Waals surface area contributed by atoms with Gasteiger partial charge in [-0.05, 0) is 12.0 Å². The van der Waals surface area contributed by atoms with E-state index in [0.717, 1.165) is 11.8 Å². The van der Waals surface area contributed by atoms with Gasteiger partial charge in [-0.1, -0.05) is 30.3 Å². The highest BCUT2D eigenvalue weighted by molar-refractivity contribution is 5.78. The molecule has 0 bridgehead atoms. The van der Waals surface area contributed by atoms with Crippen molar-refractivity contribution in [3.8, 4) is 0 Å². The number of morpholine rings is 1. The maximum Gasteiger partial charge on any atom is 0.318 e. The molecule has 1 fully saturated rings. The summed E-state index contributed by atoms with van der Waals surface area (Å²) in [7, 11) is 0. The Labute approximate surface area is 112 Å². The van der Waals surface area contributed by atoms with Gasteiger partial charge >= 0.3 is 6.03 Å². The molecule has 1 aliphatic rings. The second kappa shape index (κ2) is 6.89. The number of nitrogens with one attached hydrogen (secondary N) is 1. The van der Waals surface area contributed by atoms with E-state index in [0.29, 0.717) is 32.7 Å². The number of urea groups is 1. The summed E-state index contributed by atoms with van der Waals surface area (Å²) in [6.45, 7) is 2.25. The lowest BCUT2D eigenvalue weighted by molar-refractivity contribution is -0.109. The van der Waals surface area contributed by atoms with Crippen molar-refractivity contribution >= 4 is 12.3 Å². The summed E-state index contributed by atoms with van der Waals surface area (Å²) in [5, 5.41) is 2.75. The molecule has 1 N–H and O–H groups in total. The molecule has 102 valence electrons. The molecule has 1 aromatic rings. The second-order valence-corrected chi connectivity index (χ2v) is 4.48. The van der Waals surface area contributed by atoms with Crippen LogP contribution in [-0.4, -0.2) is 49.6 Å². The minimum absolute atomic E-state index is 0.198. The van der Waals surface area contributed by atoms with E-state index in [1.54, 1.807) is 4.90 Å². The van der Waals surface area contributed by atoms with Gasteiger partial charge in [0.2, 0.25) is 0 Å². The fraction of sp³-hybridized carbons (Fsp3) is 0.429. The summed E-state index contributed by atoms with van der Waals surface area (Å²) < 4.78 is 5.19. The quantitative estimate of drug-likeness (QED) is 0.818. The third-order valence-corrected chi connectivity index (χ3v) is 3.07. The lowest BCUT2D eigenvalue weighted by Gasteiger charge is -2.28. The molecule has 1 saturated heterocycles. The van der Waals surface area contributed by atoms with E-state index in [4.69, 9.17) is 4.74 Å². The second-order valence-electron chi connectivity index (χ2n) is 4.48. The Hall–Kier alpha value is -1.88. The van der Waals surface area contributed by atoms with Crippen LogP contribution in [0.1, 0.15) is 5.56 Å². The first-order valence-electron chi connectivity index (χ1n) is 6.42. The fourth-order valence-corrected chi connectivity index (χ4v) is 2.02. The van der Waals surface area contributed by atoms with Gasteiger partial charge in [0.15, 0.2) is 0 Å². The van der Waals surface area contributed by atoms with Gasteiger partial charge in [-0.25, -0.2) is 4.79 Å². The predicted octanol–water partition coefficient (Wildman–Crippen LogP) is 0.838. The van der Waals surface area contributed by atoms with Gasteiger partial charge in [-0.15, -0.1) is 0 Å². The van der Waals surface area contributed by atoms with E-state index < -0.39 is 6.04 Å². The number of amides is 2. The predicted molar refractivity (Wildman–Crippen MR) is 70.9 cm³/mol. The number of hydrogen-bond acceptors (Lipinski definition) is 3. The van der Waals surface area contributed by atoms with Gasteiger partial charge in [0.05, 0.1) is 19.3 Å². The number of rotatable bonds is 4. The molecule has 19 heavy (non-hydrogen) atoms. The molecule has 0 saturated carbocycles. The number of carbonyl (C=O) groups is 2. The number of hydrogen-bond donors (Lipinski definition) is 1. The van der Waals surface area contributed by atoms with E-state index in [2.05, 4.69) is 5.32 Å².